The molecule has 4 aliphatic rings. The lowest BCUT2D eigenvalue weighted by atomic mass is 9.64. The summed E-state index contributed by atoms with van der Waals surface area (Å²) in [5.41, 5.74) is 0.709. The number of ketones is 1. The summed E-state index contributed by atoms with van der Waals surface area (Å²) in [7, 11) is 0. The van der Waals surface area contributed by atoms with Crippen LogP contribution >= 0.6 is 0 Å². The largest absolute Gasteiger partial charge is 0.347 e. The number of carbonyl (C=O) groups excluding carboxylic acids is 2. The van der Waals surface area contributed by atoms with Crippen LogP contribution in [0.3, 0.4) is 0 Å². The first-order chi connectivity index (χ1) is 10.6. The zero-order valence-electron chi connectivity index (χ0n) is 12.7. The van der Waals surface area contributed by atoms with Crippen molar-refractivity contribution in [2.45, 2.75) is 37.9 Å². The molecule has 0 unspecified atom stereocenters. The minimum absolute atomic E-state index is 0.0917. The number of nitrogens with zero attached hydrogens (tertiary/aromatic N) is 1. The number of Topliss-reactive ketones (excluding diaryl/α,β-unsaturated/α-hetero) is 1. The number of likely N-dealkylation sites (tertiary alicyclic amines) is 1. The molecule has 5 heteroatoms. The van der Waals surface area contributed by atoms with Crippen LogP contribution in [0.2, 0.25) is 0 Å². The van der Waals surface area contributed by atoms with Gasteiger partial charge in [-0.25, -0.2) is 0 Å². The Balaban J connectivity index is 1.77. The van der Waals surface area contributed by atoms with Crippen molar-refractivity contribution >= 4 is 11.7 Å². The second-order valence-electron chi connectivity index (χ2n) is 6.75. The van der Waals surface area contributed by atoms with E-state index in [-0.39, 0.29) is 23.0 Å². The summed E-state index contributed by atoms with van der Waals surface area (Å²) < 4.78 is 11.8. The highest BCUT2D eigenvalue weighted by Crippen LogP contribution is 2.62. The summed E-state index contributed by atoms with van der Waals surface area (Å²) in [5.74, 6) is -0.331. The quantitative estimate of drug-likeness (QED) is 0.730. The van der Waals surface area contributed by atoms with Gasteiger partial charge in [-0.3, -0.25) is 9.59 Å². The van der Waals surface area contributed by atoms with Crippen molar-refractivity contribution in [1.82, 2.24) is 4.90 Å². The third kappa shape index (κ3) is 1.78. The maximum Gasteiger partial charge on any atom is 0.227 e. The fourth-order valence-electron chi connectivity index (χ4n) is 4.83. The Bertz CT molecular complexity index is 575. The van der Waals surface area contributed by atoms with Crippen LogP contribution in [0.5, 0.6) is 0 Å². The van der Waals surface area contributed by atoms with E-state index in [1.165, 1.54) is 0 Å². The first-order valence-electron chi connectivity index (χ1n) is 8.03. The first-order valence-corrected chi connectivity index (χ1v) is 8.03. The number of ether oxygens (including phenoxy) is 2. The molecule has 0 aromatic carbocycles. The van der Waals surface area contributed by atoms with Crippen molar-refractivity contribution in [3.05, 3.63) is 24.4 Å². The molecule has 22 heavy (non-hydrogen) atoms. The van der Waals surface area contributed by atoms with E-state index in [4.69, 9.17) is 9.47 Å². The van der Waals surface area contributed by atoms with Crippen LogP contribution in [0.1, 0.15) is 32.1 Å². The van der Waals surface area contributed by atoms with Crippen LogP contribution in [0.4, 0.5) is 0 Å². The lowest BCUT2D eigenvalue weighted by Gasteiger charge is -2.47. The van der Waals surface area contributed by atoms with E-state index in [1.807, 2.05) is 11.0 Å². The van der Waals surface area contributed by atoms with Gasteiger partial charge in [-0.1, -0.05) is 12.2 Å². The minimum atomic E-state index is -0.621. The van der Waals surface area contributed by atoms with Crippen molar-refractivity contribution in [3.8, 4) is 0 Å². The molecule has 0 radical (unpaired) electrons. The highest BCUT2D eigenvalue weighted by Gasteiger charge is 2.64. The summed E-state index contributed by atoms with van der Waals surface area (Å²) in [6, 6.07) is 0. The fourth-order valence-corrected chi connectivity index (χ4v) is 4.83. The number of rotatable bonds is 2. The van der Waals surface area contributed by atoms with Crippen LogP contribution in [-0.4, -0.2) is 42.1 Å². The Morgan fingerprint density at radius 3 is 2.86 bits per heavy atom. The van der Waals surface area contributed by atoms with Crippen molar-refractivity contribution in [1.29, 1.82) is 0 Å². The van der Waals surface area contributed by atoms with Crippen LogP contribution < -0.4 is 0 Å². The molecule has 0 bridgehead atoms. The molecule has 1 amide bonds. The molecule has 4 rings (SSSR count). The van der Waals surface area contributed by atoms with Gasteiger partial charge < -0.3 is 14.4 Å². The van der Waals surface area contributed by atoms with Crippen molar-refractivity contribution in [2.75, 3.05) is 19.8 Å². The standard InChI is InChI=1S/C17H21NO4/c1-2-7-18-14-4-3-13(19)12-10-17(21-8-9-22-17)11-16(12,14)6-5-15(18)20/h2,4,12H,1,3,5-11H2/t12-,16-/m1/s1. The van der Waals surface area contributed by atoms with Crippen molar-refractivity contribution in [2.24, 2.45) is 11.3 Å². The number of allylic oxidation sites excluding steroid dienone is 2. The van der Waals surface area contributed by atoms with E-state index in [9.17, 15) is 9.59 Å². The second kappa shape index (κ2) is 4.77. The van der Waals surface area contributed by atoms with Crippen LogP contribution in [0, 0.1) is 11.3 Å². The van der Waals surface area contributed by atoms with Crippen LogP contribution in [-0.2, 0) is 19.1 Å². The molecule has 1 saturated carbocycles. The topological polar surface area (TPSA) is 55.8 Å². The zero-order chi connectivity index (χ0) is 15.4. The average molecular weight is 303 g/mol. The van der Waals surface area contributed by atoms with Crippen LogP contribution in [0.25, 0.3) is 0 Å². The number of amides is 1. The molecule has 0 aromatic rings. The van der Waals surface area contributed by atoms with Gasteiger partial charge in [-0.05, 0) is 6.42 Å². The van der Waals surface area contributed by atoms with Gasteiger partial charge in [-0.15, -0.1) is 6.58 Å². The van der Waals surface area contributed by atoms with Gasteiger partial charge >= 0.3 is 0 Å². The number of piperidine rings is 1. The predicted molar refractivity (Wildman–Crippen MR) is 78.6 cm³/mol. The van der Waals surface area contributed by atoms with E-state index < -0.39 is 5.79 Å². The maximum absolute atomic E-state index is 12.5. The molecule has 118 valence electrons. The van der Waals surface area contributed by atoms with E-state index in [2.05, 4.69) is 6.58 Å². The second-order valence-corrected chi connectivity index (χ2v) is 6.75. The third-order valence-corrected chi connectivity index (χ3v) is 5.66. The average Bonchev–Trinajstić information content (AvgIpc) is 3.08. The highest BCUT2D eigenvalue weighted by atomic mass is 16.7. The van der Waals surface area contributed by atoms with Gasteiger partial charge in [0.2, 0.25) is 5.91 Å². The Hall–Kier alpha value is -1.46. The van der Waals surface area contributed by atoms with E-state index >= 15 is 0 Å². The number of carbonyl (C=O) groups is 2. The number of hydrogen-bond acceptors (Lipinski definition) is 4. The van der Waals surface area contributed by atoms with Gasteiger partial charge in [0.15, 0.2) is 5.79 Å². The Kier molecular flexibility index (Phi) is 3.07. The summed E-state index contributed by atoms with van der Waals surface area (Å²) in [6.45, 7) is 5.44. The molecule has 2 heterocycles. The fraction of sp³-hybridized carbons (Fsp3) is 0.647. The molecule has 0 aromatic heterocycles. The molecule has 2 aliphatic heterocycles. The number of hydrogen-bond donors (Lipinski definition) is 0. The predicted octanol–water partition coefficient (Wildman–Crippen LogP) is 1.79. The molecule has 2 spiro atoms. The monoisotopic (exact) mass is 303 g/mol. The Morgan fingerprint density at radius 1 is 1.36 bits per heavy atom. The van der Waals surface area contributed by atoms with Gasteiger partial charge in [0.25, 0.3) is 0 Å². The lowest BCUT2D eigenvalue weighted by Crippen LogP contribution is -2.49. The van der Waals surface area contributed by atoms with E-state index in [0.717, 1.165) is 12.1 Å². The summed E-state index contributed by atoms with van der Waals surface area (Å²) in [4.78, 5) is 26.7. The molecule has 2 saturated heterocycles. The Morgan fingerprint density at radius 2 is 2.14 bits per heavy atom. The van der Waals surface area contributed by atoms with Gasteiger partial charge in [0.1, 0.15) is 5.78 Å². The van der Waals surface area contributed by atoms with Gasteiger partial charge in [0.05, 0.1) is 13.2 Å². The molecule has 2 aliphatic carbocycles. The lowest BCUT2D eigenvalue weighted by molar-refractivity contribution is -0.159. The highest BCUT2D eigenvalue weighted by molar-refractivity contribution is 5.88. The molecular weight excluding hydrogens is 282 g/mol. The summed E-state index contributed by atoms with van der Waals surface area (Å²) in [6.07, 6.45) is 6.60. The van der Waals surface area contributed by atoms with Crippen LogP contribution in [0.15, 0.2) is 24.4 Å². The minimum Gasteiger partial charge on any atom is -0.347 e. The van der Waals surface area contributed by atoms with Crippen molar-refractivity contribution < 1.29 is 19.1 Å². The van der Waals surface area contributed by atoms with Gasteiger partial charge in [0, 0.05) is 49.3 Å². The Labute approximate surface area is 129 Å². The molecule has 5 nitrogen and oxygen atoms in total. The molecular formula is C17H21NO4. The van der Waals surface area contributed by atoms with Crippen molar-refractivity contribution in [3.63, 3.8) is 0 Å². The van der Waals surface area contributed by atoms with E-state index in [0.29, 0.717) is 45.4 Å². The normalized spacial score (nSPS) is 36.3. The summed E-state index contributed by atoms with van der Waals surface area (Å²) >= 11 is 0. The smallest absolute Gasteiger partial charge is 0.227 e. The molecule has 3 fully saturated rings. The first kappa shape index (κ1) is 14.2. The van der Waals surface area contributed by atoms with E-state index in [1.54, 1.807) is 6.08 Å². The molecule has 0 N–H and O–H groups in total. The SMILES string of the molecule is C=CCN1C(=O)CC[C@@]23CC4(C[C@@H]2C(=O)CC=C13)OCCO4. The summed E-state index contributed by atoms with van der Waals surface area (Å²) in [5, 5.41) is 0. The molecule has 2 atom stereocenters. The van der Waals surface area contributed by atoms with Gasteiger partial charge in [-0.2, -0.15) is 0 Å². The maximum atomic E-state index is 12.5. The zero-order valence-corrected chi connectivity index (χ0v) is 12.7. The third-order valence-electron chi connectivity index (χ3n) is 5.66.